The Kier molecular flexibility index (Phi) is 4.94. The van der Waals surface area contributed by atoms with Crippen molar-refractivity contribution in [3.05, 3.63) is 59.7 Å². The number of carbonyl (C=O) groups is 2. The first-order valence-electron chi connectivity index (χ1n) is 9.57. The molecule has 0 saturated carbocycles. The van der Waals surface area contributed by atoms with Gasteiger partial charge in [0, 0.05) is 39.0 Å². The van der Waals surface area contributed by atoms with Gasteiger partial charge in [0.15, 0.2) is 0 Å². The standard InChI is InChI=1S/C22H24N2O3/c25-20(10-5-11-21(26)27)23-12-14-24(15-13-23)22-18-8-3-1-6-16(18)17-7-2-4-9-19(17)22/h1-4,6-9,22H,5,10-15H2,(H,26,27). The predicted molar refractivity (Wildman–Crippen MR) is 103 cm³/mol. The molecule has 1 amide bonds. The molecule has 0 bridgehead atoms. The van der Waals surface area contributed by atoms with Gasteiger partial charge in [0.1, 0.15) is 0 Å². The van der Waals surface area contributed by atoms with E-state index in [-0.39, 0.29) is 18.4 Å². The van der Waals surface area contributed by atoms with E-state index in [0.717, 1.165) is 13.1 Å². The van der Waals surface area contributed by atoms with Gasteiger partial charge in [0.2, 0.25) is 5.91 Å². The average molecular weight is 364 g/mol. The molecule has 0 aromatic heterocycles. The van der Waals surface area contributed by atoms with Crippen LogP contribution in [0.3, 0.4) is 0 Å². The van der Waals surface area contributed by atoms with Gasteiger partial charge in [-0.15, -0.1) is 0 Å². The van der Waals surface area contributed by atoms with E-state index >= 15 is 0 Å². The van der Waals surface area contributed by atoms with E-state index in [1.165, 1.54) is 22.3 Å². The van der Waals surface area contributed by atoms with Crippen molar-refractivity contribution in [2.75, 3.05) is 26.2 Å². The highest BCUT2D eigenvalue weighted by Crippen LogP contribution is 2.46. The summed E-state index contributed by atoms with van der Waals surface area (Å²) in [6, 6.07) is 17.4. The molecule has 27 heavy (non-hydrogen) atoms. The molecule has 1 saturated heterocycles. The van der Waals surface area contributed by atoms with Gasteiger partial charge in [-0.2, -0.15) is 0 Å². The molecule has 0 spiro atoms. The summed E-state index contributed by atoms with van der Waals surface area (Å²) in [5, 5.41) is 8.72. The number of rotatable bonds is 5. The van der Waals surface area contributed by atoms with Crippen molar-refractivity contribution in [1.82, 2.24) is 9.80 Å². The maximum absolute atomic E-state index is 12.3. The minimum absolute atomic E-state index is 0.0569. The number of hydrogen-bond acceptors (Lipinski definition) is 3. The molecule has 1 heterocycles. The second kappa shape index (κ2) is 7.53. The van der Waals surface area contributed by atoms with Gasteiger partial charge >= 0.3 is 5.97 Å². The number of carboxylic acids is 1. The third-order valence-electron chi connectivity index (χ3n) is 5.61. The number of fused-ring (bicyclic) bond motifs is 3. The summed E-state index contributed by atoms with van der Waals surface area (Å²) >= 11 is 0. The minimum Gasteiger partial charge on any atom is -0.481 e. The molecule has 5 nitrogen and oxygen atoms in total. The Morgan fingerprint density at radius 1 is 0.852 bits per heavy atom. The fourth-order valence-electron chi connectivity index (χ4n) is 4.30. The first-order valence-corrected chi connectivity index (χ1v) is 9.57. The summed E-state index contributed by atoms with van der Waals surface area (Å²) in [6.45, 7) is 3.06. The van der Waals surface area contributed by atoms with Crippen LogP contribution in [0.15, 0.2) is 48.5 Å². The van der Waals surface area contributed by atoms with E-state index in [0.29, 0.717) is 25.9 Å². The first-order chi connectivity index (χ1) is 13.1. The van der Waals surface area contributed by atoms with Crippen molar-refractivity contribution in [3.8, 4) is 11.1 Å². The van der Waals surface area contributed by atoms with Gasteiger partial charge in [-0.1, -0.05) is 48.5 Å². The Bertz CT molecular complexity index is 811. The molecule has 1 aliphatic carbocycles. The molecule has 1 aliphatic heterocycles. The van der Waals surface area contributed by atoms with E-state index in [2.05, 4.69) is 53.4 Å². The van der Waals surface area contributed by atoms with Crippen molar-refractivity contribution in [2.45, 2.75) is 25.3 Å². The number of carbonyl (C=O) groups excluding carboxylic acids is 1. The third kappa shape index (κ3) is 3.47. The lowest BCUT2D eigenvalue weighted by Gasteiger charge is -2.38. The van der Waals surface area contributed by atoms with Crippen LogP contribution in [-0.2, 0) is 9.59 Å². The number of nitrogens with zero attached hydrogens (tertiary/aromatic N) is 2. The smallest absolute Gasteiger partial charge is 0.303 e. The van der Waals surface area contributed by atoms with Crippen LogP contribution in [-0.4, -0.2) is 53.0 Å². The van der Waals surface area contributed by atoms with Crippen LogP contribution in [0.2, 0.25) is 0 Å². The monoisotopic (exact) mass is 364 g/mol. The highest BCUT2D eigenvalue weighted by Gasteiger charge is 2.34. The summed E-state index contributed by atoms with van der Waals surface area (Å²) < 4.78 is 0. The molecule has 2 aromatic carbocycles. The summed E-state index contributed by atoms with van der Waals surface area (Å²) in [4.78, 5) is 27.3. The fourth-order valence-corrected chi connectivity index (χ4v) is 4.30. The van der Waals surface area contributed by atoms with E-state index in [1.807, 2.05) is 4.90 Å². The van der Waals surface area contributed by atoms with Gasteiger partial charge in [-0.3, -0.25) is 14.5 Å². The molecule has 140 valence electrons. The van der Waals surface area contributed by atoms with E-state index in [1.54, 1.807) is 0 Å². The summed E-state index contributed by atoms with van der Waals surface area (Å²) in [5.74, 6) is -0.769. The Morgan fingerprint density at radius 2 is 1.41 bits per heavy atom. The fraction of sp³-hybridized carbons (Fsp3) is 0.364. The molecular weight excluding hydrogens is 340 g/mol. The summed E-state index contributed by atoms with van der Waals surface area (Å²) in [5.41, 5.74) is 5.32. The molecule has 5 heteroatoms. The SMILES string of the molecule is O=C(O)CCCC(=O)N1CCN(C2c3ccccc3-c3ccccc32)CC1. The number of piperazine rings is 1. The van der Waals surface area contributed by atoms with Gasteiger partial charge in [0.25, 0.3) is 0 Å². The number of hydrogen-bond donors (Lipinski definition) is 1. The summed E-state index contributed by atoms with van der Waals surface area (Å²) in [6.07, 6.45) is 0.792. The molecule has 0 radical (unpaired) electrons. The number of amides is 1. The Morgan fingerprint density at radius 3 is 1.96 bits per heavy atom. The highest BCUT2D eigenvalue weighted by molar-refractivity contribution is 5.79. The first kappa shape index (κ1) is 17.7. The molecule has 4 rings (SSSR count). The Balaban J connectivity index is 1.44. The molecular formula is C22H24N2O3. The van der Waals surface area contributed by atoms with Crippen molar-refractivity contribution in [1.29, 1.82) is 0 Å². The van der Waals surface area contributed by atoms with Crippen molar-refractivity contribution >= 4 is 11.9 Å². The number of aliphatic carboxylic acids is 1. The predicted octanol–water partition coefficient (Wildman–Crippen LogP) is 3.16. The maximum Gasteiger partial charge on any atom is 0.303 e. The van der Waals surface area contributed by atoms with Crippen LogP contribution in [0.4, 0.5) is 0 Å². The van der Waals surface area contributed by atoms with E-state index in [4.69, 9.17) is 5.11 Å². The lowest BCUT2D eigenvalue weighted by molar-refractivity contribution is -0.137. The van der Waals surface area contributed by atoms with Crippen LogP contribution in [0.25, 0.3) is 11.1 Å². The van der Waals surface area contributed by atoms with Crippen molar-refractivity contribution < 1.29 is 14.7 Å². The zero-order valence-electron chi connectivity index (χ0n) is 15.3. The largest absolute Gasteiger partial charge is 0.481 e. The average Bonchev–Trinajstić information content (AvgIpc) is 3.02. The molecule has 2 aliphatic rings. The number of benzene rings is 2. The normalized spacial score (nSPS) is 16.8. The number of carboxylic acid groups (broad SMARTS) is 1. The van der Waals surface area contributed by atoms with Crippen LogP contribution in [0.1, 0.15) is 36.4 Å². The van der Waals surface area contributed by atoms with Crippen LogP contribution in [0.5, 0.6) is 0 Å². The Hall–Kier alpha value is -2.66. The molecule has 1 N–H and O–H groups in total. The molecule has 1 fully saturated rings. The van der Waals surface area contributed by atoms with Crippen molar-refractivity contribution in [2.24, 2.45) is 0 Å². The van der Waals surface area contributed by atoms with Gasteiger partial charge in [-0.05, 0) is 28.7 Å². The van der Waals surface area contributed by atoms with Crippen molar-refractivity contribution in [3.63, 3.8) is 0 Å². The van der Waals surface area contributed by atoms with Crippen LogP contribution >= 0.6 is 0 Å². The van der Waals surface area contributed by atoms with Gasteiger partial charge in [0.05, 0.1) is 6.04 Å². The van der Waals surface area contributed by atoms with Crippen LogP contribution in [0, 0.1) is 0 Å². The minimum atomic E-state index is -0.841. The quantitative estimate of drug-likeness (QED) is 0.885. The van der Waals surface area contributed by atoms with E-state index in [9.17, 15) is 9.59 Å². The maximum atomic E-state index is 12.3. The lowest BCUT2D eigenvalue weighted by Crippen LogP contribution is -2.49. The second-order valence-corrected chi connectivity index (χ2v) is 7.24. The van der Waals surface area contributed by atoms with Crippen LogP contribution < -0.4 is 0 Å². The Labute approximate surface area is 159 Å². The summed E-state index contributed by atoms with van der Waals surface area (Å²) in [7, 11) is 0. The molecule has 0 atom stereocenters. The van der Waals surface area contributed by atoms with Gasteiger partial charge < -0.3 is 10.0 Å². The van der Waals surface area contributed by atoms with Gasteiger partial charge in [-0.25, -0.2) is 0 Å². The zero-order chi connectivity index (χ0) is 18.8. The lowest BCUT2D eigenvalue weighted by atomic mass is 10.0. The highest BCUT2D eigenvalue weighted by atomic mass is 16.4. The zero-order valence-corrected chi connectivity index (χ0v) is 15.3. The topological polar surface area (TPSA) is 60.9 Å². The molecule has 0 unspecified atom stereocenters. The van der Waals surface area contributed by atoms with E-state index < -0.39 is 5.97 Å². The molecule has 2 aromatic rings. The third-order valence-corrected chi connectivity index (χ3v) is 5.61. The second-order valence-electron chi connectivity index (χ2n) is 7.24.